The largest absolute Gasteiger partial charge is 0.314 e. The van der Waals surface area contributed by atoms with Gasteiger partial charge in [0.25, 0.3) is 0 Å². The summed E-state index contributed by atoms with van der Waals surface area (Å²) in [5.41, 5.74) is 0. The van der Waals surface area contributed by atoms with Crippen LogP contribution in [-0.2, 0) is 0 Å². The fourth-order valence-corrected chi connectivity index (χ4v) is 3.05. The second-order valence-electron chi connectivity index (χ2n) is 6.35. The molecule has 0 amide bonds. The molecule has 0 atom stereocenters. The maximum absolute atomic E-state index is 3.76. The van der Waals surface area contributed by atoms with Crippen molar-refractivity contribution < 1.29 is 0 Å². The van der Waals surface area contributed by atoms with E-state index >= 15 is 0 Å². The molecule has 0 radical (unpaired) electrons. The third kappa shape index (κ3) is 7.08. The highest BCUT2D eigenvalue weighted by molar-refractivity contribution is 4.76. The summed E-state index contributed by atoms with van der Waals surface area (Å²) in [4.78, 5) is 0. The lowest BCUT2D eigenvalue weighted by molar-refractivity contribution is 0.277. The molecule has 0 bridgehead atoms. The Morgan fingerprint density at radius 3 is 2.35 bits per heavy atom. The van der Waals surface area contributed by atoms with Gasteiger partial charge in [-0.1, -0.05) is 46.5 Å². The minimum Gasteiger partial charge on any atom is -0.314 e. The van der Waals surface area contributed by atoms with E-state index in [1.807, 2.05) is 0 Å². The molecule has 102 valence electrons. The van der Waals surface area contributed by atoms with Gasteiger partial charge in [-0.15, -0.1) is 0 Å². The van der Waals surface area contributed by atoms with Crippen LogP contribution in [0, 0.1) is 11.8 Å². The summed E-state index contributed by atoms with van der Waals surface area (Å²) < 4.78 is 0. The SMILES string of the molecule is CCCC1CCC(NCCCCC(C)C)CC1. The monoisotopic (exact) mass is 239 g/mol. The first-order chi connectivity index (χ1) is 8.22. The van der Waals surface area contributed by atoms with Crippen LogP contribution in [-0.4, -0.2) is 12.6 Å². The Kier molecular flexibility index (Phi) is 7.92. The molecule has 0 aliphatic heterocycles. The molecule has 1 aliphatic carbocycles. The molecule has 0 aromatic heterocycles. The highest BCUT2D eigenvalue weighted by Crippen LogP contribution is 2.27. The molecule has 0 spiro atoms. The zero-order chi connectivity index (χ0) is 12.5. The van der Waals surface area contributed by atoms with E-state index in [1.54, 1.807) is 0 Å². The van der Waals surface area contributed by atoms with Crippen LogP contribution < -0.4 is 5.32 Å². The van der Waals surface area contributed by atoms with Crippen LogP contribution in [0.1, 0.15) is 78.6 Å². The molecule has 1 nitrogen and oxygen atoms in total. The average molecular weight is 239 g/mol. The van der Waals surface area contributed by atoms with E-state index in [9.17, 15) is 0 Å². The van der Waals surface area contributed by atoms with Crippen LogP contribution in [0.4, 0.5) is 0 Å². The van der Waals surface area contributed by atoms with Crippen LogP contribution in [0.25, 0.3) is 0 Å². The number of unbranched alkanes of at least 4 members (excludes halogenated alkanes) is 1. The Labute approximate surface area is 109 Å². The number of hydrogen-bond donors (Lipinski definition) is 1. The summed E-state index contributed by atoms with van der Waals surface area (Å²) in [5.74, 6) is 1.92. The fraction of sp³-hybridized carbons (Fsp3) is 1.00. The number of rotatable bonds is 8. The zero-order valence-corrected chi connectivity index (χ0v) is 12.3. The van der Waals surface area contributed by atoms with Gasteiger partial charge in [0.15, 0.2) is 0 Å². The van der Waals surface area contributed by atoms with Gasteiger partial charge in [-0.3, -0.25) is 0 Å². The van der Waals surface area contributed by atoms with Gasteiger partial charge >= 0.3 is 0 Å². The second kappa shape index (κ2) is 8.97. The lowest BCUT2D eigenvalue weighted by Crippen LogP contribution is -2.33. The normalized spacial score (nSPS) is 25.4. The van der Waals surface area contributed by atoms with Crippen LogP contribution in [0.15, 0.2) is 0 Å². The molecule has 1 heteroatoms. The molecule has 0 saturated heterocycles. The zero-order valence-electron chi connectivity index (χ0n) is 12.3. The van der Waals surface area contributed by atoms with Gasteiger partial charge < -0.3 is 5.32 Å². The van der Waals surface area contributed by atoms with Gasteiger partial charge in [0.2, 0.25) is 0 Å². The summed E-state index contributed by atoms with van der Waals surface area (Å²) in [7, 11) is 0. The molecule has 0 aromatic rings. The molecule has 1 aliphatic rings. The van der Waals surface area contributed by atoms with E-state index in [1.165, 1.54) is 64.3 Å². The Morgan fingerprint density at radius 2 is 1.76 bits per heavy atom. The number of hydrogen-bond acceptors (Lipinski definition) is 1. The predicted octanol–water partition coefficient (Wildman–Crippen LogP) is 4.76. The third-order valence-corrected chi connectivity index (χ3v) is 4.18. The highest BCUT2D eigenvalue weighted by atomic mass is 14.9. The maximum Gasteiger partial charge on any atom is 0.00672 e. The average Bonchev–Trinajstić information content (AvgIpc) is 2.31. The molecular formula is C16H33N. The quantitative estimate of drug-likeness (QED) is 0.602. The van der Waals surface area contributed by atoms with Gasteiger partial charge in [-0.05, 0) is 50.5 Å². The Balaban J connectivity index is 1.95. The third-order valence-electron chi connectivity index (χ3n) is 4.18. The first-order valence-corrected chi connectivity index (χ1v) is 7.95. The van der Waals surface area contributed by atoms with Crippen molar-refractivity contribution in [1.29, 1.82) is 0 Å². The van der Waals surface area contributed by atoms with Crippen molar-refractivity contribution in [2.75, 3.05) is 6.54 Å². The fourth-order valence-electron chi connectivity index (χ4n) is 3.05. The number of nitrogens with one attached hydrogen (secondary N) is 1. The molecule has 1 rings (SSSR count). The highest BCUT2D eigenvalue weighted by Gasteiger charge is 2.19. The second-order valence-corrected chi connectivity index (χ2v) is 6.35. The van der Waals surface area contributed by atoms with E-state index in [0.29, 0.717) is 0 Å². The van der Waals surface area contributed by atoms with E-state index in [-0.39, 0.29) is 0 Å². The van der Waals surface area contributed by atoms with Crippen molar-refractivity contribution in [2.24, 2.45) is 11.8 Å². The Hall–Kier alpha value is -0.0400. The summed E-state index contributed by atoms with van der Waals surface area (Å²) in [5, 5.41) is 3.76. The molecule has 0 aromatic carbocycles. The van der Waals surface area contributed by atoms with Crippen molar-refractivity contribution in [3.63, 3.8) is 0 Å². The Bertz CT molecular complexity index is 168. The molecule has 1 saturated carbocycles. The topological polar surface area (TPSA) is 12.0 Å². The molecule has 1 fully saturated rings. The minimum absolute atomic E-state index is 0.835. The van der Waals surface area contributed by atoms with Crippen LogP contribution in [0.3, 0.4) is 0 Å². The first-order valence-electron chi connectivity index (χ1n) is 7.95. The van der Waals surface area contributed by atoms with E-state index in [0.717, 1.165) is 17.9 Å². The molecular weight excluding hydrogens is 206 g/mol. The van der Waals surface area contributed by atoms with E-state index in [2.05, 4.69) is 26.1 Å². The van der Waals surface area contributed by atoms with Crippen molar-refractivity contribution in [1.82, 2.24) is 5.32 Å². The van der Waals surface area contributed by atoms with E-state index in [4.69, 9.17) is 0 Å². The van der Waals surface area contributed by atoms with Gasteiger partial charge in [0, 0.05) is 6.04 Å². The molecule has 17 heavy (non-hydrogen) atoms. The summed E-state index contributed by atoms with van der Waals surface area (Å²) in [6.07, 6.45) is 12.8. The van der Waals surface area contributed by atoms with Gasteiger partial charge in [-0.2, -0.15) is 0 Å². The molecule has 0 heterocycles. The van der Waals surface area contributed by atoms with Gasteiger partial charge in [0.05, 0.1) is 0 Å². The maximum atomic E-state index is 3.76. The first kappa shape index (κ1) is 15.0. The van der Waals surface area contributed by atoms with Crippen molar-refractivity contribution >= 4 is 0 Å². The van der Waals surface area contributed by atoms with Crippen LogP contribution in [0.5, 0.6) is 0 Å². The Morgan fingerprint density at radius 1 is 1.06 bits per heavy atom. The lowest BCUT2D eigenvalue weighted by atomic mass is 9.83. The lowest BCUT2D eigenvalue weighted by Gasteiger charge is -2.29. The van der Waals surface area contributed by atoms with Gasteiger partial charge in [-0.25, -0.2) is 0 Å². The van der Waals surface area contributed by atoms with Crippen LogP contribution in [0.2, 0.25) is 0 Å². The molecule has 0 unspecified atom stereocenters. The summed E-state index contributed by atoms with van der Waals surface area (Å²) in [6.45, 7) is 8.21. The smallest absolute Gasteiger partial charge is 0.00672 e. The predicted molar refractivity (Wildman–Crippen MR) is 77.3 cm³/mol. The van der Waals surface area contributed by atoms with E-state index < -0.39 is 0 Å². The van der Waals surface area contributed by atoms with Gasteiger partial charge in [0.1, 0.15) is 0 Å². The summed E-state index contributed by atoms with van der Waals surface area (Å²) >= 11 is 0. The minimum atomic E-state index is 0.835. The van der Waals surface area contributed by atoms with Crippen LogP contribution >= 0.6 is 0 Å². The standard InChI is InChI=1S/C16H33N/c1-4-7-15-9-11-16(12-10-15)17-13-6-5-8-14(2)3/h14-17H,4-13H2,1-3H3. The van der Waals surface area contributed by atoms with Crippen molar-refractivity contribution in [3.05, 3.63) is 0 Å². The summed E-state index contributed by atoms with van der Waals surface area (Å²) in [6, 6.07) is 0.835. The van der Waals surface area contributed by atoms with Crippen molar-refractivity contribution in [3.8, 4) is 0 Å². The van der Waals surface area contributed by atoms with Crippen molar-refractivity contribution in [2.45, 2.75) is 84.6 Å². The molecule has 1 N–H and O–H groups in total.